The number of carbonyl (C=O) groups excluding carboxylic acids is 2. The van der Waals surface area contributed by atoms with E-state index in [1.807, 2.05) is 73.5 Å². The molecule has 0 bridgehead atoms. The number of carbonyl (C=O) groups is 2. The zero-order chi connectivity index (χ0) is 22.5. The maximum Gasteiger partial charge on any atom is 0.257 e. The molecule has 1 saturated heterocycles. The lowest BCUT2D eigenvalue weighted by molar-refractivity contribution is -0.135. The Morgan fingerprint density at radius 3 is 2.44 bits per heavy atom. The van der Waals surface area contributed by atoms with Gasteiger partial charge in [-0.25, -0.2) is 0 Å². The fraction of sp³-hybridized carbons (Fsp3) is 0.360. The number of hydrogen-bond acceptors (Lipinski definition) is 5. The summed E-state index contributed by atoms with van der Waals surface area (Å²) in [5.74, 6) is 1.16. The summed E-state index contributed by atoms with van der Waals surface area (Å²) in [5.41, 5.74) is 2.75. The summed E-state index contributed by atoms with van der Waals surface area (Å²) in [6.07, 6.45) is 1.89. The van der Waals surface area contributed by atoms with Gasteiger partial charge in [0.1, 0.15) is 0 Å². The Kier molecular flexibility index (Phi) is 6.63. The van der Waals surface area contributed by atoms with Crippen molar-refractivity contribution in [2.24, 2.45) is 5.92 Å². The van der Waals surface area contributed by atoms with E-state index in [9.17, 15) is 9.59 Å². The van der Waals surface area contributed by atoms with E-state index in [2.05, 4.69) is 10.1 Å². The third kappa shape index (κ3) is 5.04. The van der Waals surface area contributed by atoms with Crippen molar-refractivity contribution < 1.29 is 14.1 Å². The molecule has 0 saturated carbocycles. The molecule has 0 aliphatic carbocycles. The molecule has 7 heteroatoms. The molecule has 1 aliphatic heterocycles. The Bertz CT molecular complexity index is 1050. The number of nitrogens with zero attached hydrogens (tertiary/aromatic N) is 4. The van der Waals surface area contributed by atoms with E-state index in [0.29, 0.717) is 56.2 Å². The van der Waals surface area contributed by atoms with Crippen molar-refractivity contribution in [1.82, 2.24) is 19.9 Å². The van der Waals surface area contributed by atoms with Crippen LogP contribution >= 0.6 is 0 Å². The van der Waals surface area contributed by atoms with E-state index < -0.39 is 0 Å². The summed E-state index contributed by atoms with van der Waals surface area (Å²) in [6, 6.07) is 17.2. The normalized spacial score (nSPS) is 14.4. The summed E-state index contributed by atoms with van der Waals surface area (Å²) in [5, 5.41) is 4.05. The molecule has 0 spiro atoms. The molecule has 0 N–H and O–H groups in total. The summed E-state index contributed by atoms with van der Waals surface area (Å²) < 4.78 is 5.37. The first-order valence-electron chi connectivity index (χ1n) is 11.0. The van der Waals surface area contributed by atoms with Crippen LogP contribution in [-0.2, 0) is 11.2 Å². The van der Waals surface area contributed by atoms with Crippen molar-refractivity contribution in [3.63, 3.8) is 0 Å². The molecule has 7 nitrogen and oxygen atoms in total. The fourth-order valence-electron chi connectivity index (χ4n) is 3.95. The quantitative estimate of drug-likeness (QED) is 0.595. The SMILES string of the molecule is Cc1ccc(-c2nc(CCN(C)C(=O)C3CCN(C(=O)c4ccccc4)CC3)no2)cc1. The van der Waals surface area contributed by atoms with Crippen LogP contribution in [0.25, 0.3) is 11.5 Å². The number of likely N-dealkylation sites (N-methyl/N-ethyl adjacent to an activating group) is 1. The lowest BCUT2D eigenvalue weighted by Crippen LogP contribution is -2.43. The minimum absolute atomic E-state index is 0.0336. The van der Waals surface area contributed by atoms with Gasteiger partial charge in [0.2, 0.25) is 5.91 Å². The summed E-state index contributed by atoms with van der Waals surface area (Å²) >= 11 is 0. The number of aromatic nitrogens is 2. The molecule has 166 valence electrons. The van der Waals surface area contributed by atoms with E-state index in [4.69, 9.17) is 4.52 Å². The second kappa shape index (κ2) is 9.77. The first-order chi connectivity index (χ1) is 15.5. The molecule has 2 aromatic carbocycles. The van der Waals surface area contributed by atoms with Gasteiger partial charge in [0.15, 0.2) is 5.82 Å². The maximum atomic E-state index is 12.9. The lowest BCUT2D eigenvalue weighted by atomic mass is 9.95. The largest absolute Gasteiger partial charge is 0.345 e. The highest BCUT2D eigenvalue weighted by Crippen LogP contribution is 2.21. The molecule has 1 aromatic heterocycles. The smallest absolute Gasteiger partial charge is 0.257 e. The van der Waals surface area contributed by atoms with Gasteiger partial charge in [0, 0.05) is 50.1 Å². The van der Waals surface area contributed by atoms with E-state index >= 15 is 0 Å². The fourth-order valence-corrected chi connectivity index (χ4v) is 3.95. The number of rotatable bonds is 6. The van der Waals surface area contributed by atoms with Gasteiger partial charge in [-0.15, -0.1) is 0 Å². The van der Waals surface area contributed by atoms with Crippen LogP contribution in [0.2, 0.25) is 0 Å². The van der Waals surface area contributed by atoms with Gasteiger partial charge in [-0.2, -0.15) is 4.98 Å². The van der Waals surface area contributed by atoms with Crippen molar-refractivity contribution in [3.05, 3.63) is 71.5 Å². The van der Waals surface area contributed by atoms with Gasteiger partial charge >= 0.3 is 0 Å². The zero-order valence-corrected chi connectivity index (χ0v) is 18.5. The van der Waals surface area contributed by atoms with Crippen LogP contribution < -0.4 is 0 Å². The van der Waals surface area contributed by atoms with Crippen molar-refractivity contribution >= 4 is 11.8 Å². The van der Waals surface area contributed by atoms with Gasteiger partial charge in [0.25, 0.3) is 11.8 Å². The molecule has 2 amide bonds. The van der Waals surface area contributed by atoms with Crippen LogP contribution in [-0.4, -0.2) is 58.4 Å². The standard InChI is InChI=1S/C25H28N4O3/c1-18-8-10-19(11-9-18)23-26-22(27-32-23)14-15-28(2)24(30)21-12-16-29(17-13-21)25(31)20-6-4-3-5-7-20/h3-11,21H,12-17H2,1-2H3. The average molecular weight is 433 g/mol. The topological polar surface area (TPSA) is 79.5 Å². The number of benzene rings is 2. The number of hydrogen-bond donors (Lipinski definition) is 0. The molecular weight excluding hydrogens is 404 g/mol. The van der Waals surface area contributed by atoms with Gasteiger partial charge in [0.05, 0.1) is 0 Å². The zero-order valence-electron chi connectivity index (χ0n) is 18.5. The van der Waals surface area contributed by atoms with E-state index in [-0.39, 0.29) is 17.7 Å². The highest BCUT2D eigenvalue weighted by Gasteiger charge is 2.29. The molecular formula is C25H28N4O3. The van der Waals surface area contributed by atoms with E-state index in [0.717, 1.165) is 5.56 Å². The van der Waals surface area contributed by atoms with E-state index in [1.165, 1.54) is 5.56 Å². The highest BCUT2D eigenvalue weighted by molar-refractivity contribution is 5.94. The minimum Gasteiger partial charge on any atom is -0.345 e. The molecule has 1 fully saturated rings. The second-order valence-electron chi connectivity index (χ2n) is 8.32. The molecule has 1 aliphatic rings. The van der Waals surface area contributed by atoms with Crippen LogP contribution in [0.3, 0.4) is 0 Å². The highest BCUT2D eigenvalue weighted by atomic mass is 16.5. The van der Waals surface area contributed by atoms with Gasteiger partial charge in [-0.3, -0.25) is 9.59 Å². The third-order valence-corrected chi connectivity index (χ3v) is 5.97. The molecule has 32 heavy (non-hydrogen) atoms. The third-order valence-electron chi connectivity index (χ3n) is 5.97. The molecule has 0 radical (unpaired) electrons. The van der Waals surface area contributed by atoms with Gasteiger partial charge in [-0.05, 0) is 44.0 Å². The first kappa shape index (κ1) is 21.7. The maximum absolute atomic E-state index is 12.9. The van der Waals surface area contributed by atoms with Crippen LogP contribution in [0.1, 0.15) is 34.6 Å². The number of aryl methyl sites for hydroxylation is 1. The van der Waals surface area contributed by atoms with Crippen LogP contribution in [0.4, 0.5) is 0 Å². The Labute approximate surface area is 188 Å². The number of likely N-dealkylation sites (tertiary alicyclic amines) is 1. The van der Waals surface area contributed by atoms with Crippen LogP contribution in [0.5, 0.6) is 0 Å². The van der Waals surface area contributed by atoms with Crippen LogP contribution in [0, 0.1) is 12.8 Å². The van der Waals surface area contributed by atoms with Crippen molar-refractivity contribution in [3.8, 4) is 11.5 Å². The molecule has 0 atom stereocenters. The minimum atomic E-state index is -0.0618. The summed E-state index contributed by atoms with van der Waals surface area (Å²) in [7, 11) is 1.81. The Morgan fingerprint density at radius 1 is 1.06 bits per heavy atom. The monoisotopic (exact) mass is 432 g/mol. The summed E-state index contributed by atoms with van der Waals surface area (Å²) in [4.78, 5) is 33.5. The van der Waals surface area contributed by atoms with Crippen molar-refractivity contribution in [2.45, 2.75) is 26.2 Å². The predicted molar refractivity (Wildman–Crippen MR) is 121 cm³/mol. The molecule has 3 aromatic rings. The Morgan fingerprint density at radius 2 is 1.75 bits per heavy atom. The predicted octanol–water partition coefficient (Wildman–Crippen LogP) is 3.60. The van der Waals surface area contributed by atoms with E-state index in [1.54, 1.807) is 4.90 Å². The number of amides is 2. The molecule has 0 unspecified atom stereocenters. The van der Waals surface area contributed by atoms with Gasteiger partial charge < -0.3 is 14.3 Å². The Balaban J connectivity index is 1.26. The second-order valence-corrected chi connectivity index (χ2v) is 8.32. The van der Waals surface area contributed by atoms with Crippen molar-refractivity contribution in [2.75, 3.05) is 26.7 Å². The van der Waals surface area contributed by atoms with Crippen LogP contribution in [0.15, 0.2) is 59.1 Å². The molecule has 2 heterocycles. The lowest BCUT2D eigenvalue weighted by Gasteiger charge is -2.33. The first-order valence-corrected chi connectivity index (χ1v) is 11.0. The average Bonchev–Trinajstić information content (AvgIpc) is 3.32. The Hall–Kier alpha value is -3.48. The van der Waals surface area contributed by atoms with Gasteiger partial charge in [-0.1, -0.05) is 41.1 Å². The van der Waals surface area contributed by atoms with Crippen molar-refractivity contribution in [1.29, 1.82) is 0 Å². The summed E-state index contributed by atoms with van der Waals surface area (Å²) in [6.45, 7) is 3.75. The number of piperidine rings is 1. The molecule has 4 rings (SSSR count).